The van der Waals surface area contributed by atoms with E-state index in [1.807, 2.05) is 4.90 Å². The molecule has 0 bridgehead atoms. The third-order valence-electron chi connectivity index (χ3n) is 4.71. The van der Waals surface area contributed by atoms with Gasteiger partial charge >= 0.3 is 0 Å². The minimum Gasteiger partial charge on any atom is -0.342 e. The van der Waals surface area contributed by atoms with Gasteiger partial charge in [0.2, 0.25) is 11.8 Å². The highest BCUT2D eigenvalue weighted by Crippen LogP contribution is 2.37. The van der Waals surface area contributed by atoms with Crippen LogP contribution in [0, 0.1) is 11.8 Å². The van der Waals surface area contributed by atoms with Gasteiger partial charge < -0.3 is 10.2 Å². The van der Waals surface area contributed by atoms with E-state index in [1.54, 1.807) is 0 Å². The molecule has 1 aliphatic heterocycles. The molecule has 1 aliphatic carbocycles. The number of halogens is 2. The third-order valence-corrected chi connectivity index (χ3v) is 4.71. The first kappa shape index (κ1) is 16.7. The molecule has 1 saturated carbocycles. The Morgan fingerprint density at radius 2 is 1.95 bits per heavy atom. The topological polar surface area (TPSA) is 32.3 Å². The molecule has 5 heteroatoms. The quantitative estimate of drug-likeness (QED) is 0.865. The van der Waals surface area contributed by atoms with Crippen molar-refractivity contribution in [1.29, 1.82) is 0 Å². The lowest BCUT2D eigenvalue weighted by atomic mass is 9.85. The number of hydrogen-bond donors (Lipinski definition) is 1. The summed E-state index contributed by atoms with van der Waals surface area (Å²) in [5.41, 5.74) is 0. The number of likely N-dealkylation sites (tertiary alicyclic amines) is 1. The normalized spacial score (nSPS) is 27.1. The molecular formula is C16H28F2N2O. The second-order valence-corrected chi connectivity index (χ2v) is 6.99. The molecule has 21 heavy (non-hydrogen) atoms. The van der Waals surface area contributed by atoms with Crippen LogP contribution in [-0.4, -0.2) is 42.4 Å². The molecular weight excluding hydrogens is 274 g/mol. The molecule has 1 amide bonds. The van der Waals surface area contributed by atoms with Gasteiger partial charge in [0.15, 0.2) is 0 Å². The van der Waals surface area contributed by atoms with Gasteiger partial charge in [0.1, 0.15) is 0 Å². The van der Waals surface area contributed by atoms with Crippen LogP contribution < -0.4 is 5.32 Å². The van der Waals surface area contributed by atoms with Gasteiger partial charge in [-0.1, -0.05) is 13.8 Å². The van der Waals surface area contributed by atoms with E-state index >= 15 is 0 Å². The fourth-order valence-electron chi connectivity index (χ4n) is 3.38. The van der Waals surface area contributed by atoms with Gasteiger partial charge in [0, 0.05) is 37.9 Å². The number of rotatable bonds is 4. The average molecular weight is 302 g/mol. The lowest BCUT2D eigenvalue weighted by Crippen LogP contribution is -2.46. The number of piperidine rings is 1. The van der Waals surface area contributed by atoms with E-state index in [2.05, 4.69) is 19.2 Å². The van der Waals surface area contributed by atoms with Crippen LogP contribution in [0.1, 0.15) is 52.4 Å². The van der Waals surface area contributed by atoms with Crippen molar-refractivity contribution in [3.05, 3.63) is 0 Å². The van der Waals surface area contributed by atoms with Crippen molar-refractivity contribution in [2.75, 3.05) is 19.6 Å². The molecule has 0 spiro atoms. The molecule has 1 N–H and O–H groups in total. The van der Waals surface area contributed by atoms with Crippen molar-refractivity contribution in [2.24, 2.45) is 11.8 Å². The smallest absolute Gasteiger partial charge is 0.248 e. The zero-order chi connectivity index (χ0) is 15.5. The third kappa shape index (κ3) is 4.90. The molecule has 1 atom stereocenters. The summed E-state index contributed by atoms with van der Waals surface area (Å²) in [4.78, 5) is 14.4. The van der Waals surface area contributed by atoms with Gasteiger partial charge in [-0.25, -0.2) is 8.78 Å². The van der Waals surface area contributed by atoms with Crippen LogP contribution in [-0.2, 0) is 4.79 Å². The van der Waals surface area contributed by atoms with E-state index in [1.165, 1.54) is 0 Å². The minimum atomic E-state index is -2.55. The number of nitrogens with one attached hydrogen (secondary N) is 1. The Kier molecular flexibility index (Phi) is 5.58. The van der Waals surface area contributed by atoms with Crippen LogP contribution in [0.3, 0.4) is 0 Å². The highest BCUT2D eigenvalue weighted by Gasteiger charge is 2.39. The van der Waals surface area contributed by atoms with E-state index in [-0.39, 0.29) is 24.7 Å². The second-order valence-electron chi connectivity index (χ2n) is 6.99. The molecule has 0 aromatic carbocycles. The molecule has 1 unspecified atom stereocenters. The van der Waals surface area contributed by atoms with Crippen molar-refractivity contribution in [3.8, 4) is 0 Å². The summed E-state index contributed by atoms with van der Waals surface area (Å²) < 4.78 is 26.4. The predicted molar refractivity (Wildman–Crippen MR) is 79.3 cm³/mol. The van der Waals surface area contributed by atoms with Gasteiger partial charge in [-0.15, -0.1) is 0 Å². The molecule has 1 heterocycles. The van der Waals surface area contributed by atoms with Crippen LogP contribution in [0.2, 0.25) is 0 Å². The summed E-state index contributed by atoms with van der Waals surface area (Å²) in [7, 11) is 0. The Morgan fingerprint density at radius 3 is 2.57 bits per heavy atom. The maximum atomic E-state index is 13.2. The Bertz CT molecular complexity index is 350. The van der Waals surface area contributed by atoms with Gasteiger partial charge in [0.25, 0.3) is 0 Å². The molecule has 1 saturated heterocycles. The van der Waals surface area contributed by atoms with Gasteiger partial charge in [-0.3, -0.25) is 4.79 Å². The first-order valence-electron chi connectivity index (χ1n) is 8.27. The molecule has 122 valence electrons. The Labute approximate surface area is 126 Å². The molecule has 0 radical (unpaired) electrons. The number of amides is 1. The van der Waals surface area contributed by atoms with E-state index in [9.17, 15) is 13.6 Å². The highest BCUT2D eigenvalue weighted by atomic mass is 19.3. The van der Waals surface area contributed by atoms with Gasteiger partial charge in [-0.05, 0) is 38.1 Å². The van der Waals surface area contributed by atoms with Crippen molar-refractivity contribution in [1.82, 2.24) is 10.2 Å². The van der Waals surface area contributed by atoms with Gasteiger partial charge in [0.05, 0.1) is 0 Å². The van der Waals surface area contributed by atoms with Crippen LogP contribution in [0.15, 0.2) is 0 Å². The zero-order valence-corrected chi connectivity index (χ0v) is 13.2. The summed E-state index contributed by atoms with van der Waals surface area (Å²) in [6, 6.07) is 0.455. The van der Waals surface area contributed by atoms with Crippen LogP contribution in [0.5, 0.6) is 0 Å². The summed E-state index contributed by atoms with van der Waals surface area (Å²) in [6.45, 7) is 6.75. The number of alkyl halides is 2. The minimum absolute atomic E-state index is 0.111. The lowest BCUT2D eigenvalue weighted by Gasteiger charge is -2.37. The van der Waals surface area contributed by atoms with Crippen LogP contribution in [0.4, 0.5) is 8.78 Å². The fourth-order valence-corrected chi connectivity index (χ4v) is 3.38. The van der Waals surface area contributed by atoms with Crippen LogP contribution in [0.25, 0.3) is 0 Å². The number of hydrogen-bond acceptors (Lipinski definition) is 2. The van der Waals surface area contributed by atoms with Crippen molar-refractivity contribution >= 4 is 5.91 Å². The molecule has 2 rings (SSSR count). The van der Waals surface area contributed by atoms with E-state index in [4.69, 9.17) is 0 Å². The molecule has 3 nitrogen and oxygen atoms in total. The number of carbonyl (C=O) groups is 1. The molecule has 0 aromatic heterocycles. The fraction of sp³-hybridized carbons (Fsp3) is 0.938. The number of carbonyl (C=O) groups excluding carboxylic acids is 1. The Morgan fingerprint density at radius 1 is 1.29 bits per heavy atom. The summed E-state index contributed by atoms with van der Waals surface area (Å²) in [5, 5.41) is 3.43. The summed E-state index contributed by atoms with van der Waals surface area (Å²) >= 11 is 0. The summed E-state index contributed by atoms with van der Waals surface area (Å²) in [5.74, 6) is -2.13. The second kappa shape index (κ2) is 7.03. The average Bonchev–Trinajstić information content (AvgIpc) is 2.45. The highest BCUT2D eigenvalue weighted by molar-refractivity contribution is 5.79. The lowest BCUT2D eigenvalue weighted by molar-refractivity contribution is -0.141. The first-order valence-corrected chi connectivity index (χ1v) is 8.27. The molecule has 2 fully saturated rings. The molecule has 0 aromatic rings. The van der Waals surface area contributed by atoms with E-state index in [0.717, 1.165) is 32.5 Å². The predicted octanol–water partition coefficient (Wildman–Crippen LogP) is 3.05. The SMILES string of the molecule is CC(C)NCC1CCCN(C(=O)C2CCC(F)(F)CC2)C1. The standard InChI is InChI=1S/C16H28F2N2O/c1-12(2)19-10-13-4-3-9-20(11-13)15(21)14-5-7-16(17,18)8-6-14/h12-14,19H,3-11H2,1-2H3. The maximum Gasteiger partial charge on any atom is 0.248 e. The zero-order valence-electron chi connectivity index (χ0n) is 13.2. The largest absolute Gasteiger partial charge is 0.342 e. The van der Waals surface area contributed by atoms with Crippen molar-refractivity contribution in [2.45, 2.75) is 64.3 Å². The first-order chi connectivity index (χ1) is 9.87. The number of nitrogens with zero attached hydrogens (tertiary/aromatic N) is 1. The van der Waals surface area contributed by atoms with Crippen LogP contribution >= 0.6 is 0 Å². The monoisotopic (exact) mass is 302 g/mol. The Hall–Kier alpha value is -0.710. The van der Waals surface area contributed by atoms with Crippen molar-refractivity contribution in [3.63, 3.8) is 0 Å². The van der Waals surface area contributed by atoms with Gasteiger partial charge in [-0.2, -0.15) is 0 Å². The Balaban J connectivity index is 1.82. The maximum absolute atomic E-state index is 13.2. The van der Waals surface area contributed by atoms with E-state index < -0.39 is 5.92 Å². The summed E-state index contributed by atoms with van der Waals surface area (Å²) in [6.07, 6.45) is 2.60. The molecule has 2 aliphatic rings. The van der Waals surface area contributed by atoms with Crippen molar-refractivity contribution < 1.29 is 13.6 Å². The van der Waals surface area contributed by atoms with E-state index in [0.29, 0.717) is 24.8 Å².